The first kappa shape index (κ1) is 33.8. The summed E-state index contributed by atoms with van der Waals surface area (Å²) in [5, 5.41) is 0. The number of likely N-dealkylation sites (tertiary alicyclic amines) is 2. The molecule has 0 aromatic heterocycles. The molecule has 4 aliphatic heterocycles. The van der Waals surface area contributed by atoms with Gasteiger partial charge < -0.3 is 29.4 Å². The summed E-state index contributed by atoms with van der Waals surface area (Å²) in [4.78, 5) is 15.4. The highest BCUT2D eigenvalue weighted by molar-refractivity contribution is 4.78. The highest BCUT2D eigenvalue weighted by atomic mass is 15.3. The molecule has 0 aliphatic carbocycles. The van der Waals surface area contributed by atoms with Gasteiger partial charge in [0.15, 0.2) is 0 Å². The molecule has 0 radical (unpaired) electrons. The molecular formula is C30H66N6. The first-order chi connectivity index (χ1) is 17.6. The maximum absolute atomic E-state index is 2.68. The Balaban J connectivity index is 0.000000317. The minimum Gasteiger partial charge on any atom is -0.306 e. The number of nitrogens with zero attached hydrogens (tertiary/aromatic N) is 6. The second-order valence-corrected chi connectivity index (χ2v) is 11.0. The summed E-state index contributed by atoms with van der Waals surface area (Å²) in [6, 6.07) is 0. The van der Waals surface area contributed by atoms with Gasteiger partial charge in [0.1, 0.15) is 0 Å². The van der Waals surface area contributed by atoms with E-state index in [0.29, 0.717) is 0 Å². The van der Waals surface area contributed by atoms with Gasteiger partial charge in [0.25, 0.3) is 0 Å². The maximum Gasteiger partial charge on any atom is 0.0110 e. The lowest BCUT2D eigenvalue weighted by molar-refractivity contribution is 0.103. The second kappa shape index (κ2) is 20.7. The zero-order valence-electron chi connectivity index (χ0n) is 26.0. The molecule has 0 bridgehead atoms. The molecule has 4 aliphatic rings. The molecule has 36 heavy (non-hydrogen) atoms. The van der Waals surface area contributed by atoms with E-state index in [1.165, 1.54) is 130 Å². The van der Waals surface area contributed by atoms with Crippen molar-refractivity contribution in [2.24, 2.45) is 11.8 Å². The molecule has 0 amide bonds. The highest BCUT2D eigenvalue weighted by Crippen LogP contribution is 2.19. The number of hydrogen-bond acceptors (Lipinski definition) is 6. The van der Waals surface area contributed by atoms with Crippen LogP contribution in [-0.4, -0.2) is 148 Å². The van der Waals surface area contributed by atoms with Crippen molar-refractivity contribution in [1.82, 2.24) is 29.4 Å². The van der Waals surface area contributed by atoms with Crippen LogP contribution in [0.4, 0.5) is 0 Å². The summed E-state index contributed by atoms with van der Waals surface area (Å²) < 4.78 is 0. The Morgan fingerprint density at radius 3 is 1.14 bits per heavy atom. The van der Waals surface area contributed by atoms with Crippen LogP contribution in [0.15, 0.2) is 0 Å². The third-order valence-electron chi connectivity index (χ3n) is 8.53. The van der Waals surface area contributed by atoms with E-state index in [2.05, 4.69) is 57.3 Å². The molecule has 4 fully saturated rings. The summed E-state index contributed by atoms with van der Waals surface area (Å²) in [6.45, 7) is 33.2. The molecule has 6 nitrogen and oxygen atoms in total. The van der Waals surface area contributed by atoms with E-state index in [1.807, 2.05) is 27.7 Å². The summed E-state index contributed by atoms with van der Waals surface area (Å²) in [5.74, 6) is 1.93. The molecule has 4 saturated heterocycles. The van der Waals surface area contributed by atoms with E-state index in [4.69, 9.17) is 0 Å². The van der Waals surface area contributed by atoms with Gasteiger partial charge in [0.05, 0.1) is 0 Å². The number of hydrogen-bond donors (Lipinski definition) is 0. The fourth-order valence-corrected chi connectivity index (χ4v) is 5.78. The Hall–Kier alpha value is -0.240. The van der Waals surface area contributed by atoms with E-state index in [-0.39, 0.29) is 0 Å². The Kier molecular flexibility index (Phi) is 19.4. The normalized spacial score (nSPS) is 24.7. The first-order valence-electron chi connectivity index (χ1n) is 15.8. The second-order valence-electron chi connectivity index (χ2n) is 11.0. The molecule has 0 saturated carbocycles. The SMILES string of the molecule is CC.CC.CCN1CCC(CN2CCN(C)CC2)CC1.CCN1CCN(CC2CCN(C)CC2)CC1. The van der Waals surface area contributed by atoms with Crippen molar-refractivity contribution < 1.29 is 0 Å². The predicted octanol–water partition coefficient (Wildman–Crippen LogP) is 3.98. The third-order valence-corrected chi connectivity index (χ3v) is 8.53. The van der Waals surface area contributed by atoms with Crippen LogP contribution in [0.25, 0.3) is 0 Å². The molecule has 0 atom stereocenters. The van der Waals surface area contributed by atoms with Crippen molar-refractivity contribution in [2.45, 2.75) is 67.2 Å². The Morgan fingerprint density at radius 2 is 0.722 bits per heavy atom. The number of likely N-dealkylation sites (N-methyl/N-ethyl adjacent to an activating group) is 2. The van der Waals surface area contributed by atoms with Crippen molar-refractivity contribution in [1.29, 1.82) is 0 Å². The topological polar surface area (TPSA) is 19.4 Å². The van der Waals surface area contributed by atoms with Gasteiger partial charge >= 0.3 is 0 Å². The molecule has 0 aromatic rings. The van der Waals surface area contributed by atoms with E-state index in [0.717, 1.165) is 11.8 Å². The van der Waals surface area contributed by atoms with Crippen molar-refractivity contribution in [2.75, 3.05) is 119 Å². The van der Waals surface area contributed by atoms with Crippen molar-refractivity contribution in [3.8, 4) is 0 Å². The Labute approximate surface area is 227 Å². The molecule has 4 rings (SSSR count). The molecule has 0 N–H and O–H groups in total. The molecule has 6 heteroatoms. The van der Waals surface area contributed by atoms with E-state index < -0.39 is 0 Å². The molecule has 216 valence electrons. The third kappa shape index (κ3) is 13.5. The van der Waals surface area contributed by atoms with Crippen LogP contribution in [0.2, 0.25) is 0 Å². The Bertz CT molecular complexity index is 428. The Morgan fingerprint density at radius 1 is 0.417 bits per heavy atom. The lowest BCUT2D eigenvalue weighted by atomic mass is 9.96. The van der Waals surface area contributed by atoms with Crippen molar-refractivity contribution in [3.05, 3.63) is 0 Å². The zero-order valence-corrected chi connectivity index (χ0v) is 26.0. The van der Waals surface area contributed by atoms with Crippen LogP contribution in [0.1, 0.15) is 67.2 Å². The minimum atomic E-state index is 0.962. The van der Waals surface area contributed by atoms with Crippen LogP contribution >= 0.6 is 0 Å². The van der Waals surface area contributed by atoms with Gasteiger partial charge in [-0.05, 0) is 90.9 Å². The molecule has 4 heterocycles. The summed E-state index contributed by atoms with van der Waals surface area (Å²) in [6.07, 6.45) is 5.65. The minimum absolute atomic E-state index is 0.962. The average Bonchev–Trinajstić information content (AvgIpc) is 2.95. The summed E-state index contributed by atoms with van der Waals surface area (Å²) in [7, 11) is 4.48. The monoisotopic (exact) mass is 511 g/mol. The van der Waals surface area contributed by atoms with Gasteiger partial charge in [0.2, 0.25) is 0 Å². The first-order valence-corrected chi connectivity index (χ1v) is 15.8. The van der Waals surface area contributed by atoms with Gasteiger partial charge in [0, 0.05) is 65.4 Å². The van der Waals surface area contributed by atoms with E-state index in [9.17, 15) is 0 Å². The molecule has 0 spiro atoms. The van der Waals surface area contributed by atoms with Gasteiger partial charge in [-0.1, -0.05) is 41.5 Å². The zero-order chi connectivity index (χ0) is 26.8. The fourth-order valence-electron chi connectivity index (χ4n) is 5.78. The van der Waals surface area contributed by atoms with Gasteiger partial charge in [-0.15, -0.1) is 0 Å². The van der Waals surface area contributed by atoms with Crippen LogP contribution in [0.5, 0.6) is 0 Å². The predicted molar refractivity (Wildman–Crippen MR) is 160 cm³/mol. The van der Waals surface area contributed by atoms with Gasteiger partial charge in [-0.25, -0.2) is 0 Å². The van der Waals surface area contributed by atoms with E-state index in [1.54, 1.807) is 0 Å². The largest absolute Gasteiger partial charge is 0.306 e. The van der Waals surface area contributed by atoms with Crippen LogP contribution in [0, 0.1) is 11.8 Å². The summed E-state index contributed by atoms with van der Waals surface area (Å²) >= 11 is 0. The highest BCUT2D eigenvalue weighted by Gasteiger charge is 2.23. The molecule has 0 unspecified atom stereocenters. The van der Waals surface area contributed by atoms with Crippen LogP contribution < -0.4 is 0 Å². The summed E-state index contributed by atoms with van der Waals surface area (Å²) in [5.41, 5.74) is 0. The van der Waals surface area contributed by atoms with Crippen LogP contribution in [0.3, 0.4) is 0 Å². The van der Waals surface area contributed by atoms with Crippen molar-refractivity contribution in [3.63, 3.8) is 0 Å². The van der Waals surface area contributed by atoms with Gasteiger partial charge in [-0.3, -0.25) is 0 Å². The maximum atomic E-state index is 2.68. The van der Waals surface area contributed by atoms with Gasteiger partial charge in [-0.2, -0.15) is 0 Å². The average molecular weight is 511 g/mol. The van der Waals surface area contributed by atoms with E-state index >= 15 is 0 Å². The van der Waals surface area contributed by atoms with Crippen molar-refractivity contribution >= 4 is 0 Å². The standard InChI is InChI=1S/2C13H27N3.2C2H6/c1-3-15-6-4-13(5-7-15)12-16-10-8-14(2)9-11-16;1-3-15-8-10-16(11-9-15)12-13-4-6-14(2)7-5-13;2*1-2/h2*13H,3-12H2,1-2H3;2*1-2H3. The fraction of sp³-hybridized carbons (Fsp3) is 1.00. The number of rotatable bonds is 6. The molecular weight excluding hydrogens is 444 g/mol. The lowest BCUT2D eigenvalue weighted by Crippen LogP contribution is -2.48. The lowest BCUT2D eigenvalue weighted by Gasteiger charge is -2.38. The number of piperidine rings is 2. The quantitative estimate of drug-likeness (QED) is 0.534. The number of piperazine rings is 2. The molecule has 0 aromatic carbocycles. The van der Waals surface area contributed by atoms with Crippen LogP contribution in [-0.2, 0) is 0 Å². The smallest absolute Gasteiger partial charge is 0.0110 e.